The number of imide groups is 1. The number of carboxylic acid groups (broad SMARTS) is 1. The molecule has 3 aromatic rings. The Labute approximate surface area is 234 Å². The van der Waals surface area contributed by atoms with Gasteiger partial charge in [0.25, 0.3) is 0 Å². The minimum atomic E-state index is -1.21. The number of nitrogens with zero attached hydrogens (tertiary/aromatic N) is 3. The summed E-state index contributed by atoms with van der Waals surface area (Å²) in [5, 5.41) is 10.8. The number of oxazole rings is 1. The Morgan fingerprint density at radius 2 is 1.85 bits per heavy atom. The number of para-hydroxylation sites is 1. The highest BCUT2D eigenvalue weighted by Crippen LogP contribution is 2.32. The Morgan fingerprint density at radius 1 is 1.15 bits per heavy atom. The van der Waals surface area contributed by atoms with Crippen LogP contribution in [-0.4, -0.2) is 61.9 Å². The predicted molar refractivity (Wildman–Crippen MR) is 152 cm³/mol. The van der Waals surface area contributed by atoms with E-state index in [1.807, 2.05) is 51.2 Å². The van der Waals surface area contributed by atoms with E-state index in [0.29, 0.717) is 32.4 Å². The second-order valence-corrected chi connectivity index (χ2v) is 11.1. The first-order valence-electron chi connectivity index (χ1n) is 14.4. The van der Waals surface area contributed by atoms with Gasteiger partial charge in [0.15, 0.2) is 5.69 Å². The fourth-order valence-corrected chi connectivity index (χ4v) is 5.46. The van der Waals surface area contributed by atoms with E-state index in [-0.39, 0.29) is 29.7 Å². The monoisotopic (exact) mass is 551 g/mol. The second kappa shape index (κ2) is 13.1. The van der Waals surface area contributed by atoms with E-state index in [1.54, 1.807) is 4.90 Å². The number of nitrogens with one attached hydrogen (secondary N) is 1. The van der Waals surface area contributed by atoms with Crippen LogP contribution in [0.4, 0.5) is 4.79 Å². The number of aryl methyl sites for hydroxylation is 1. The van der Waals surface area contributed by atoms with E-state index in [0.717, 1.165) is 42.1 Å². The van der Waals surface area contributed by atoms with Crippen molar-refractivity contribution >= 4 is 28.8 Å². The number of nitrogens with two attached hydrogens (primary N) is 1. The van der Waals surface area contributed by atoms with Crippen LogP contribution in [0.5, 0.6) is 0 Å². The lowest BCUT2D eigenvalue weighted by atomic mass is 10.00. The highest BCUT2D eigenvalue weighted by Gasteiger charge is 2.40. The minimum absolute atomic E-state index is 0.0272. The van der Waals surface area contributed by atoms with Crippen molar-refractivity contribution in [2.75, 3.05) is 13.1 Å². The molecule has 1 saturated heterocycles. The van der Waals surface area contributed by atoms with Gasteiger partial charge in [-0.15, -0.1) is 0 Å². The molecule has 1 fully saturated rings. The van der Waals surface area contributed by atoms with Crippen molar-refractivity contribution in [3.8, 4) is 0 Å². The summed E-state index contributed by atoms with van der Waals surface area (Å²) in [5.74, 6) is -1.33. The highest BCUT2D eigenvalue weighted by molar-refractivity contribution is 5.97. The van der Waals surface area contributed by atoms with Crippen molar-refractivity contribution in [2.45, 2.75) is 84.2 Å². The number of carboxylic acids is 1. The molecule has 1 aliphatic rings. The smallest absolute Gasteiger partial charge is 0.358 e. The molecule has 3 heterocycles. The summed E-state index contributed by atoms with van der Waals surface area (Å²) in [5.41, 5.74) is 7.99. The molecule has 2 atom stereocenters. The molecule has 10 heteroatoms. The number of hydrogen-bond donors (Lipinski definition) is 3. The van der Waals surface area contributed by atoms with Gasteiger partial charge in [-0.3, -0.25) is 4.79 Å². The molecular formula is C30H41N5O5. The third-order valence-electron chi connectivity index (χ3n) is 7.44. The molecule has 0 unspecified atom stereocenters. The molecule has 10 nitrogen and oxygen atoms in total. The van der Waals surface area contributed by atoms with E-state index in [2.05, 4.69) is 9.97 Å². The highest BCUT2D eigenvalue weighted by atomic mass is 16.4. The molecule has 0 spiro atoms. The summed E-state index contributed by atoms with van der Waals surface area (Å²) in [6, 6.07) is 5.43. The number of urea groups is 1. The lowest BCUT2D eigenvalue weighted by molar-refractivity contribution is -0.133. The molecule has 2 aromatic heterocycles. The van der Waals surface area contributed by atoms with Gasteiger partial charge >= 0.3 is 12.0 Å². The number of amides is 3. The third kappa shape index (κ3) is 6.55. The van der Waals surface area contributed by atoms with Crippen LogP contribution in [-0.2, 0) is 17.6 Å². The normalized spacial score (nSPS) is 15.7. The standard InChI is InChI=1S/C30H41N5O5/c1-4-11-25-26(29(37)38)33-27(40-25)24(17-20-18-32-23-13-8-7-12-21(20)23)35(28(36)22(31)16-19(2)3)30(39)34-14-9-5-6-10-15-34/h7-8,12-13,18-19,22,24,32H,4-6,9-11,14-17,31H2,1-3H3,(H,37,38)/t22-,24+/m0/s1. The third-order valence-corrected chi connectivity index (χ3v) is 7.44. The first-order valence-corrected chi connectivity index (χ1v) is 14.4. The number of fused-ring (bicyclic) bond motifs is 1. The van der Waals surface area contributed by atoms with Gasteiger partial charge in [0, 0.05) is 43.0 Å². The summed E-state index contributed by atoms with van der Waals surface area (Å²) in [4.78, 5) is 50.9. The van der Waals surface area contributed by atoms with E-state index in [4.69, 9.17) is 10.2 Å². The molecule has 3 amide bonds. The number of carbonyl (C=O) groups is 3. The quantitative estimate of drug-likeness (QED) is 0.310. The maximum atomic E-state index is 14.2. The van der Waals surface area contributed by atoms with Crippen LogP contribution in [0.15, 0.2) is 34.9 Å². The van der Waals surface area contributed by atoms with E-state index in [1.165, 1.54) is 4.90 Å². The average molecular weight is 552 g/mol. The maximum absolute atomic E-state index is 14.2. The molecule has 1 aliphatic heterocycles. The Kier molecular flexibility index (Phi) is 9.63. The fraction of sp³-hybridized carbons (Fsp3) is 0.533. The van der Waals surface area contributed by atoms with Crippen molar-refractivity contribution in [2.24, 2.45) is 11.7 Å². The zero-order chi connectivity index (χ0) is 28.8. The van der Waals surface area contributed by atoms with Gasteiger partial charge in [-0.25, -0.2) is 19.5 Å². The van der Waals surface area contributed by atoms with Crippen molar-refractivity contribution in [1.82, 2.24) is 19.8 Å². The molecule has 0 bridgehead atoms. The summed E-state index contributed by atoms with van der Waals surface area (Å²) in [7, 11) is 0. The van der Waals surface area contributed by atoms with Crippen LogP contribution in [0.1, 0.15) is 93.0 Å². The average Bonchev–Trinajstić information content (AvgIpc) is 3.42. The zero-order valence-corrected chi connectivity index (χ0v) is 23.7. The first-order chi connectivity index (χ1) is 19.2. The van der Waals surface area contributed by atoms with Gasteiger partial charge in [-0.05, 0) is 43.2 Å². The van der Waals surface area contributed by atoms with Gasteiger partial charge in [0.2, 0.25) is 11.8 Å². The Balaban J connectivity index is 1.85. The number of aromatic nitrogens is 2. The number of likely N-dealkylation sites (tertiary alicyclic amines) is 1. The van der Waals surface area contributed by atoms with Crippen LogP contribution in [0, 0.1) is 5.92 Å². The molecule has 0 saturated carbocycles. The Hall–Kier alpha value is -3.66. The number of carbonyl (C=O) groups excluding carboxylic acids is 2. The first kappa shape index (κ1) is 29.3. The predicted octanol–water partition coefficient (Wildman–Crippen LogP) is 5.29. The summed E-state index contributed by atoms with van der Waals surface area (Å²) in [6.07, 6.45) is 7.19. The van der Waals surface area contributed by atoms with Gasteiger partial charge in [0.1, 0.15) is 11.8 Å². The van der Waals surface area contributed by atoms with Crippen LogP contribution >= 0.6 is 0 Å². The number of aromatic carboxylic acids is 1. The van der Waals surface area contributed by atoms with Gasteiger partial charge < -0.3 is 25.1 Å². The maximum Gasteiger partial charge on any atom is 0.358 e. The number of aromatic amines is 1. The minimum Gasteiger partial charge on any atom is -0.476 e. The number of H-pyrrole nitrogens is 1. The topological polar surface area (TPSA) is 146 Å². The van der Waals surface area contributed by atoms with Crippen LogP contribution in [0.2, 0.25) is 0 Å². The van der Waals surface area contributed by atoms with Crippen molar-refractivity contribution < 1.29 is 23.9 Å². The van der Waals surface area contributed by atoms with Crippen molar-refractivity contribution in [1.29, 1.82) is 0 Å². The number of hydrogen-bond acceptors (Lipinski definition) is 6. The summed E-state index contributed by atoms with van der Waals surface area (Å²) < 4.78 is 6.09. The fourth-order valence-electron chi connectivity index (χ4n) is 5.46. The van der Waals surface area contributed by atoms with E-state index < -0.39 is 30.0 Å². The largest absolute Gasteiger partial charge is 0.476 e. The molecule has 0 aliphatic carbocycles. The number of benzene rings is 1. The van der Waals surface area contributed by atoms with Crippen molar-refractivity contribution in [3.05, 3.63) is 53.4 Å². The van der Waals surface area contributed by atoms with Crippen molar-refractivity contribution in [3.63, 3.8) is 0 Å². The second-order valence-electron chi connectivity index (χ2n) is 11.1. The number of rotatable bonds is 10. The van der Waals surface area contributed by atoms with Crippen LogP contribution < -0.4 is 5.73 Å². The summed E-state index contributed by atoms with van der Waals surface area (Å²) in [6.45, 7) is 6.94. The van der Waals surface area contributed by atoms with E-state index in [9.17, 15) is 19.5 Å². The SMILES string of the molecule is CCCc1oc([C@@H](Cc2c[nH]c3ccccc23)N(C(=O)[C@@H](N)CC(C)C)C(=O)N2CCCCCC2)nc1C(=O)O. The Bertz CT molecular complexity index is 1320. The van der Waals surface area contributed by atoms with Gasteiger partial charge in [0.05, 0.1) is 6.04 Å². The lowest BCUT2D eigenvalue weighted by Gasteiger charge is -2.34. The molecule has 216 valence electrons. The van der Waals surface area contributed by atoms with E-state index >= 15 is 0 Å². The van der Waals surface area contributed by atoms with Gasteiger partial charge in [-0.2, -0.15) is 0 Å². The molecule has 0 radical (unpaired) electrons. The molecular weight excluding hydrogens is 510 g/mol. The molecule has 40 heavy (non-hydrogen) atoms. The molecule has 4 rings (SSSR count). The zero-order valence-electron chi connectivity index (χ0n) is 23.7. The molecule has 1 aromatic carbocycles. The Morgan fingerprint density at radius 3 is 2.50 bits per heavy atom. The van der Waals surface area contributed by atoms with Gasteiger partial charge in [-0.1, -0.05) is 51.8 Å². The van der Waals surface area contributed by atoms with Crippen LogP contribution in [0.3, 0.4) is 0 Å². The lowest BCUT2D eigenvalue weighted by Crippen LogP contribution is -2.54. The van der Waals surface area contributed by atoms with Crippen LogP contribution in [0.25, 0.3) is 10.9 Å². The summed E-state index contributed by atoms with van der Waals surface area (Å²) >= 11 is 0. The molecule has 4 N–H and O–H groups in total.